The molecule has 3 aromatic rings. The van der Waals surface area contributed by atoms with E-state index in [1.165, 1.54) is 27.8 Å². The molecule has 0 radical (unpaired) electrons. The standard InChI is InChI=1S/C23H30N4O3S2.ClH/c1-5-6-15-26(4)32(29,30)19-13-11-18(12-14-19)22(28)27(17-16-25(2)3)23-24-20-9-7-8-10-21(20)31-23;/h7-14H,5-6,15-17H2,1-4H3;1H. The molecule has 1 heterocycles. The second-order valence-corrected chi connectivity index (χ2v) is 11.0. The number of benzene rings is 2. The highest BCUT2D eigenvalue weighted by Gasteiger charge is 2.24. The molecule has 0 bridgehead atoms. The molecule has 1 aromatic heterocycles. The first-order valence-corrected chi connectivity index (χ1v) is 12.9. The van der Waals surface area contributed by atoms with E-state index >= 15 is 0 Å². The van der Waals surface area contributed by atoms with E-state index in [1.54, 1.807) is 24.1 Å². The van der Waals surface area contributed by atoms with Crippen molar-refractivity contribution in [2.24, 2.45) is 0 Å². The van der Waals surface area contributed by atoms with Crippen molar-refractivity contribution in [2.45, 2.75) is 24.7 Å². The summed E-state index contributed by atoms with van der Waals surface area (Å²) in [7, 11) is 1.92. The van der Waals surface area contributed by atoms with Crippen LogP contribution in [-0.4, -0.2) is 69.3 Å². The number of carbonyl (C=O) groups excluding carboxylic acids is 1. The Kier molecular flexibility index (Phi) is 9.81. The Balaban J connectivity index is 0.00000385. The molecule has 0 aliphatic rings. The minimum Gasteiger partial charge on any atom is -0.308 e. The number of anilines is 1. The lowest BCUT2D eigenvalue weighted by atomic mass is 10.2. The van der Waals surface area contributed by atoms with E-state index in [0.717, 1.165) is 23.1 Å². The van der Waals surface area contributed by atoms with Crippen LogP contribution in [0.5, 0.6) is 0 Å². The number of hydrogen-bond acceptors (Lipinski definition) is 6. The van der Waals surface area contributed by atoms with Gasteiger partial charge in [0.15, 0.2) is 5.13 Å². The van der Waals surface area contributed by atoms with Gasteiger partial charge in [0.2, 0.25) is 10.0 Å². The summed E-state index contributed by atoms with van der Waals surface area (Å²) < 4.78 is 27.9. The van der Waals surface area contributed by atoms with Crippen LogP contribution in [-0.2, 0) is 10.0 Å². The second-order valence-electron chi connectivity index (χ2n) is 7.93. The van der Waals surface area contributed by atoms with Crippen LogP contribution in [0, 0.1) is 0 Å². The van der Waals surface area contributed by atoms with E-state index < -0.39 is 10.0 Å². The number of carbonyl (C=O) groups is 1. The van der Waals surface area contributed by atoms with Gasteiger partial charge in [-0.25, -0.2) is 17.7 Å². The Morgan fingerprint density at radius 2 is 1.64 bits per heavy atom. The maximum Gasteiger partial charge on any atom is 0.260 e. The minimum atomic E-state index is -3.57. The van der Waals surface area contributed by atoms with Crippen LogP contribution in [0.25, 0.3) is 10.2 Å². The highest BCUT2D eigenvalue weighted by Crippen LogP contribution is 2.29. The van der Waals surface area contributed by atoms with Crippen molar-refractivity contribution in [1.29, 1.82) is 0 Å². The summed E-state index contributed by atoms with van der Waals surface area (Å²) >= 11 is 1.47. The molecular weight excluding hydrogens is 480 g/mol. The van der Waals surface area contributed by atoms with E-state index in [9.17, 15) is 13.2 Å². The van der Waals surface area contributed by atoms with Crippen LogP contribution in [0.1, 0.15) is 30.1 Å². The summed E-state index contributed by atoms with van der Waals surface area (Å²) in [5, 5.41) is 0.633. The number of fused-ring (bicyclic) bond motifs is 1. The van der Waals surface area contributed by atoms with Crippen molar-refractivity contribution < 1.29 is 13.2 Å². The molecule has 0 aliphatic heterocycles. The van der Waals surface area contributed by atoms with Gasteiger partial charge in [0.25, 0.3) is 5.91 Å². The number of hydrogen-bond donors (Lipinski definition) is 0. The van der Waals surface area contributed by atoms with Crippen LogP contribution in [0.2, 0.25) is 0 Å². The van der Waals surface area contributed by atoms with Crippen molar-refractivity contribution >= 4 is 55.0 Å². The van der Waals surface area contributed by atoms with E-state index in [0.29, 0.717) is 30.3 Å². The van der Waals surface area contributed by atoms with E-state index in [4.69, 9.17) is 0 Å². The molecular formula is C23H31ClN4O3S2. The van der Waals surface area contributed by atoms with Crippen LogP contribution < -0.4 is 4.90 Å². The summed E-state index contributed by atoms with van der Waals surface area (Å²) in [5.41, 5.74) is 1.28. The summed E-state index contributed by atoms with van der Waals surface area (Å²) in [6.45, 7) is 3.64. The number of sulfonamides is 1. The molecule has 2 aromatic carbocycles. The number of thiazole rings is 1. The molecule has 0 saturated carbocycles. The lowest BCUT2D eigenvalue weighted by Gasteiger charge is -2.22. The van der Waals surface area contributed by atoms with Crippen molar-refractivity contribution in [2.75, 3.05) is 45.7 Å². The Labute approximate surface area is 206 Å². The first kappa shape index (κ1) is 27.2. The molecule has 33 heavy (non-hydrogen) atoms. The molecule has 3 rings (SSSR count). The van der Waals surface area contributed by atoms with E-state index in [1.807, 2.05) is 50.2 Å². The molecule has 180 valence electrons. The third-order valence-electron chi connectivity index (χ3n) is 5.17. The summed E-state index contributed by atoms with van der Waals surface area (Å²) in [4.78, 5) is 21.9. The molecule has 0 fully saturated rings. The molecule has 0 unspecified atom stereocenters. The van der Waals surface area contributed by atoms with Gasteiger partial charge in [-0.3, -0.25) is 9.69 Å². The maximum absolute atomic E-state index is 13.4. The Hall–Kier alpha value is -2.04. The largest absolute Gasteiger partial charge is 0.308 e. The van der Waals surface area contributed by atoms with Gasteiger partial charge in [-0.05, 0) is 56.9 Å². The molecule has 7 nitrogen and oxygen atoms in total. The molecule has 0 saturated heterocycles. The first-order valence-electron chi connectivity index (χ1n) is 10.6. The zero-order valence-electron chi connectivity index (χ0n) is 19.4. The van der Waals surface area contributed by atoms with Crippen LogP contribution in [0.15, 0.2) is 53.4 Å². The summed E-state index contributed by atoms with van der Waals surface area (Å²) in [6, 6.07) is 14.0. The van der Waals surface area contributed by atoms with Crippen LogP contribution in [0.3, 0.4) is 0 Å². The average molecular weight is 511 g/mol. The molecule has 10 heteroatoms. The van der Waals surface area contributed by atoms with Gasteiger partial charge in [0.05, 0.1) is 15.1 Å². The van der Waals surface area contributed by atoms with Gasteiger partial charge in [-0.1, -0.05) is 36.8 Å². The third-order valence-corrected chi connectivity index (χ3v) is 8.10. The monoisotopic (exact) mass is 510 g/mol. The number of likely N-dealkylation sites (N-methyl/N-ethyl adjacent to an activating group) is 1. The van der Waals surface area contributed by atoms with Gasteiger partial charge in [-0.2, -0.15) is 0 Å². The van der Waals surface area contributed by atoms with Crippen molar-refractivity contribution in [3.05, 3.63) is 54.1 Å². The SMILES string of the molecule is CCCCN(C)S(=O)(=O)c1ccc(C(=O)N(CCN(C)C)c2nc3ccccc3s2)cc1.Cl. The molecule has 0 atom stereocenters. The van der Waals surface area contributed by atoms with Crippen molar-refractivity contribution in [1.82, 2.24) is 14.2 Å². The summed E-state index contributed by atoms with van der Waals surface area (Å²) in [6.07, 6.45) is 1.72. The van der Waals surface area contributed by atoms with Gasteiger partial charge in [0.1, 0.15) is 0 Å². The number of unbranched alkanes of at least 4 members (excludes halogenated alkanes) is 1. The smallest absolute Gasteiger partial charge is 0.260 e. The van der Waals surface area contributed by atoms with Gasteiger partial charge < -0.3 is 4.90 Å². The third kappa shape index (κ3) is 6.51. The first-order chi connectivity index (χ1) is 15.2. The van der Waals surface area contributed by atoms with Crippen LogP contribution in [0.4, 0.5) is 5.13 Å². The normalized spacial score (nSPS) is 11.7. The fourth-order valence-electron chi connectivity index (χ4n) is 3.17. The highest BCUT2D eigenvalue weighted by molar-refractivity contribution is 7.89. The average Bonchev–Trinajstić information content (AvgIpc) is 3.21. The fraction of sp³-hybridized carbons (Fsp3) is 0.391. The molecule has 0 N–H and O–H groups in total. The maximum atomic E-state index is 13.4. The Morgan fingerprint density at radius 1 is 0.970 bits per heavy atom. The zero-order chi connectivity index (χ0) is 23.3. The predicted molar refractivity (Wildman–Crippen MR) is 138 cm³/mol. The van der Waals surface area contributed by atoms with Gasteiger partial charge >= 0.3 is 0 Å². The van der Waals surface area contributed by atoms with Crippen LogP contribution >= 0.6 is 23.7 Å². The topological polar surface area (TPSA) is 73.8 Å². The quantitative estimate of drug-likeness (QED) is 0.405. The predicted octanol–water partition coefficient (Wildman–Crippen LogP) is 4.35. The number of halogens is 1. The Bertz CT molecular complexity index is 1130. The fourth-order valence-corrected chi connectivity index (χ4v) is 5.37. The molecule has 1 amide bonds. The number of rotatable bonds is 10. The van der Waals surface area contributed by atoms with Crippen molar-refractivity contribution in [3.63, 3.8) is 0 Å². The van der Waals surface area contributed by atoms with Crippen molar-refractivity contribution in [3.8, 4) is 0 Å². The summed E-state index contributed by atoms with van der Waals surface area (Å²) in [5.74, 6) is -0.200. The zero-order valence-corrected chi connectivity index (χ0v) is 21.8. The van der Waals surface area contributed by atoms with Gasteiger partial charge in [0, 0.05) is 32.2 Å². The van der Waals surface area contributed by atoms with E-state index in [-0.39, 0.29) is 23.2 Å². The highest BCUT2D eigenvalue weighted by atomic mass is 35.5. The van der Waals surface area contributed by atoms with E-state index in [2.05, 4.69) is 4.98 Å². The minimum absolute atomic E-state index is 0. The lowest BCUT2D eigenvalue weighted by molar-refractivity contribution is 0.0985. The molecule has 0 aliphatic carbocycles. The lowest BCUT2D eigenvalue weighted by Crippen LogP contribution is -2.36. The number of amides is 1. The molecule has 0 spiro atoms. The number of para-hydroxylation sites is 1. The number of nitrogens with zero attached hydrogens (tertiary/aromatic N) is 4. The van der Waals surface area contributed by atoms with Gasteiger partial charge in [-0.15, -0.1) is 12.4 Å². The Morgan fingerprint density at radius 3 is 2.24 bits per heavy atom. The number of aromatic nitrogens is 1. The second kappa shape index (κ2) is 11.9.